The molecule has 0 fully saturated rings. The van der Waals surface area contributed by atoms with Gasteiger partial charge in [0.25, 0.3) is 0 Å². The van der Waals surface area contributed by atoms with Crippen LogP contribution in [0.5, 0.6) is 6.01 Å². The number of ether oxygens (including phenoxy) is 1. The summed E-state index contributed by atoms with van der Waals surface area (Å²) in [5.41, 5.74) is 0.382. The number of halogens is 1. The number of hydrogen-bond acceptors (Lipinski definition) is 6. The van der Waals surface area contributed by atoms with Crippen molar-refractivity contribution in [3.63, 3.8) is 0 Å². The third kappa shape index (κ3) is 3.56. The zero-order valence-corrected chi connectivity index (χ0v) is 12.3. The highest BCUT2D eigenvalue weighted by Crippen LogP contribution is 2.24. The van der Waals surface area contributed by atoms with Crippen LogP contribution >= 0.6 is 0 Å². The van der Waals surface area contributed by atoms with E-state index in [1.165, 1.54) is 6.07 Å². The van der Waals surface area contributed by atoms with Crippen molar-refractivity contribution < 1.29 is 9.13 Å². The molecule has 1 N–H and O–H groups in total. The summed E-state index contributed by atoms with van der Waals surface area (Å²) in [7, 11) is 3.39. The molecule has 0 aliphatic rings. The maximum Gasteiger partial charge on any atom is 0.323 e. The largest absolute Gasteiger partial charge is 0.463 e. The monoisotopic (exact) mass is 291 g/mol. The van der Waals surface area contributed by atoms with Gasteiger partial charge in [-0.05, 0) is 18.6 Å². The van der Waals surface area contributed by atoms with Gasteiger partial charge in [0.15, 0.2) is 0 Å². The first kappa shape index (κ1) is 15.0. The molecule has 1 heterocycles. The minimum absolute atomic E-state index is 0.217. The van der Waals surface area contributed by atoms with Crippen molar-refractivity contribution in [3.05, 3.63) is 30.1 Å². The van der Waals surface area contributed by atoms with E-state index in [9.17, 15) is 4.39 Å². The maximum atomic E-state index is 13.9. The summed E-state index contributed by atoms with van der Waals surface area (Å²) >= 11 is 0. The van der Waals surface area contributed by atoms with Crippen LogP contribution in [0.4, 0.5) is 22.0 Å². The van der Waals surface area contributed by atoms with Gasteiger partial charge in [0.2, 0.25) is 11.9 Å². The molecule has 7 heteroatoms. The quantitative estimate of drug-likeness (QED) is 0.882. The second kappa shape index (κ2) is 6.83. The van der Waals surface area contributed by atoms with Gasteiger partial charge >= 0.3 is 6.01 Å². The second-order valence-corrected chi connectivity index (χ2v) is 4.35. The Morgan fingerprint density at radius 3 is 2.67 bits per heavy atom. The van der Waals surface area contributed by atoms with Gasteiger partial charge in [0.1, 0.15) is 5.82 Å². The third-order valence-corrected chi connectivity index (χ3v) is 2.78. The fourth-order valence-corrected chi connectivity index (χ4v) is 1.70. The number of nitrogens with zero attached hydrogens (tertiary/aromatic N) is 4. The molecule has 6 nitrogen and oxygen atoms in total. The number of rotatable bonds is 6. The molecule has 112 valence electrons. The topological polar surface area (TPSA) is 63.2 Å². The van der Waals surface area contributed by atoms with E-state index < -0.39 is 0 Å². The summed E-state index contributed by atoms with van der Waals surface area (Å²) < 4.78 is 19.3. The van der Waals surface area contributed by atoms with Crippen LogP contribution in [0.15, 0.2) is 24.3 Å². The number of aromatic nitrogens is 3. The molecular formula is C14H18FN5O. The van der Waals surface area contributed by atoms with Crippen LogP contribution in [0.3, 0.4) is 0 Å². The molecule has 1 aromatic carbocycles. The van der Waals surface area contributed by atoms with E-state index in [1.807, 2.05) is 6.92 Å². The van der Waals surface area contributed by atoms with Crippen molar-refractivity contribution in [1.29, 1.82) is 0 Å². The molecule has 0 aliphatic carbocycles. The van der Waals surface area contributed by atoms with Gasteiger partial charge in [-0.3, -0.25) is 0 Å². The number of benzene rings is 1. The van der Waals surface area contributed by atoms with Crippen molar-refractivity contribution >= 4 is 17.6 Å². The summed E-state index contributed by atoms with van der Waals surface area (Å²) in [6.45, 7) is 2.50. The Kier molecular flexibility index (Phi) is 4.86. The number of nitrogens with one attached hydrogen (secondary N) is 1. The van der Waals surface area contributed by atoms with E-state index in [1.54, 1.807) is 37.2 Å². The van der Waals surface area contributed by atoms with Gasteiger partial charge in [-0.2, -0.15) is 15.0 Å². The van der Waals surface area contributed by atoms with Gasteiger partial charge in [-0.15, -0.1) is 0 Å². The summed E-state index contributed by atoms with van der Waals surface area (Å²) in [5.74, 6) is 0.335. The lowest BCUT2D eigenvalue weighted by atomic mass is 10.3. The van der Waals surface area contributed by atoms with Crippen molar-refractivity contribution in [1.82, 2.24) is 15.0 Å². The SMILES string of the molecule is CCCOc1nc(NC)nc(N(C)c2ccccc2F)n1. The summed E-state index contributed by atoms with van der Waals surface area (Å²) in [6, 6.07) is 6.65. The van der Waals surface area contributed by atoms with Gasteiger partial charge in [0.05, 0.1) is 12.3 Å². The minimum atomic E-state index is -0.345. The van der Waals surface area contributed by atoms with Crippen LogP contribution in [-0.2, 0) is 0 Å². The van der Waals surface area contributed by atoms with Crippen molar-refractivity contribution in [3.8, 4) is 6.01 Å². The Hall–Kier alpha value is -2.44. The van der Waals surface area contributed by atoms with Crippen molar-refractivity contribution in [2.75, 3.05) is 30.9 Å². The van der Waals surface area contributed by atoms with Gasteiger partial charge in [0, 0.05) is 14.1 Å². The van der Waals surface area contributed by atoms with Crippen LogP contribution < -0.4 is 15.0 Å². The van der Waals surface area contributed by atoms with E-state index >= 15 is 0 Å². The molecule has 1 aromatic heterocycles. The first-order chi connectivity index (χ1) is 10.2. The number of para-hydroxylation sites is 1. The Morgan fingerprint density at radius 1 is 1.24 bits per heavy atom. The number of hydrogen-bond donors (Lipinski definition) is 1. The first-order valence-corrected chi connectivity index (χ1v) is 6.70. The lowest BCUT2D eigenvalue weighted by Crippen LogP contribution is -2.17. The highest BCUT2D eigenvalue weighted by atomic mass is 19.1. The van der Waals surface area contributed by atoms with E-state index in [0.717, 1.165) is 6.42 Å². The molecule has 0 bridgehead atoms. The van der Waals surface area contributed by atoms with Crippen LogP contribution in [0.2, 0.25) is 0 Å². The predicted octanol–water partition coefficient (Wildman–Crippen LogP) is 2.61. The normalized spacial score (nSPS) is 10.3. The smallest absolute Gasteiger partial charge is 0.323 e. The molecule has 0 radical (unpaired) electrons. The number of anilines is 3. The maximum absolute atomic E-state index is 13.9. The first-order valence-electron chi connectivity index (χ1n) is 6.70. The Morgan fingerprint density at radius 2 is 2.00 bits per heavy atom. The molecule has 0 saturated heterocycles. The fourth-order valence-electron chi connectivity index (χ4n) is 1.70. The highest BCUT2D eigenvalue weighted by molar-refractivity contribution is 5.57. The van der Waals surface area contributed by atoms with Crippen LogP contribution in [0.1, 0.15) is 13.3 Å². The molecular weight excluding hydrogens is 273 g/mol. The molecule has 0 spiro atoms. The lowest BCUT2D eigenvalue weighted by Gasteiger charge is -2.18. The van der Waals surface area contributed by atoms with Gasteiger partial charge < -0.3 is 15.0 Å². The molecule has 0 atom stereocenters. The van der Waals surface area contributed by atoms with Gasteiger partial charge in [-0.1, -0.05) is 19.1 Å². The zero-order valence-electron chi connectivity index (χ0n) is 12.3. The van der Waals surface area contributed by atoms with Crippen LogP contribution in [0, 0.1) is 5.82 Å². The van der Waals surface area contributed by atoms with Crippen LogP contribution in [-0.4, -0.2) is 35.7 Å². The molecule has 2 aromatic rings. The second-order valence-electron chi connectivity index (χ2n) is 4.35. The van der Waals surface area contributed by atoms with Crippen LogP contribution in [0.25, 0.3) is 0 Å². The third-order valence-electron chi connectivity index (χ3n) is 2.78. The molecule has 2 rings (SSSR count). The standard InChI is InChI=1S/C14H18FN5O/c1-4-9-21-14-18-12(16-2)17-13(19-14)20(3)11-8-6-5-7-10(11)15/h5-8H,4,9H2,1-3H3,(H,16,17,18,19). The van der Waals surface area contributed by atoms with E-state index in [0.29, 0.717) is 24.2 Å². The lowest BCUT2D eigenvalue weighted by molar-refractivity contribution is 0.292. The molecule has 21 heavy (non-hydrogen) atoms. The van der Waals surface area contributed by atoms with E-state index in [4.69, 9.17) is 4.74 Å². The zero-order chi connectivity index (χ0) is 15.2. The van der Waals surface area contributed by atoms with Crippen molar-refractivity contribution in [2.24, 2.45) is 0 Å². The Bertz CT molecular complexity index is 608. The van der Waals surface area contributed by atoms with E-state index in [-0.39, 0.29) is 11.8 Å². The van der Waals surface area contributed by atoms with Crippen molar-refractivity contribution in [2.45, 2.75) is 13.3 Å². The Balaban J connectivity index is 2.35. The molecule has 0 unspecified atom stereocenters. The average Bonchev–Trinajstić information content (AvgIpc) is 2.52. The highest BCUT2D eigenvalue weighted by Gasteiger charge is 2.14. The summed E-state index contributed by atoms with van der Waals surface area (Å²) in [5, 5.41) is 2.84. The fraction of sp³-hybridized carbons (Fsp3) is 0.357. The summed E-state index contributed by atoms with van der Waals surface area (Å²) in [6.07, 6.45) is 0.846. The average molecular weight is 291 g/mol. The Labute approximate surface area is 123 Å². The predicted molar refractivity (Wildman–Crippen MR) is 79.6 cm³/mol. The molecule has 0 amide bonds. The summed E-state index contributed by atoms with van der Waals surface area (Å²) in [4.78, 5) is 14.1. The molecule has 0 saturated carbocycles. The van der Waals surface area contributed by atoms with E-state index in [2.05, 4.69) is 20.3 Å². The molecule has 0 aliphatic heterocycles. The minimum Gasteiger partial charge on any atom is -0.463 e. The van der Waals surface area contributed by atoms with Gasteiger partial charge in [-0.25, -0.2) is 4.39 Å².